The Morgan fingerprint density at radius 1 is 1.64 bits per heavy atom. The molecule has 0 rings (SSSR count). The van der Waals surface area contributed by atoms with E-state index in [0.29, 0.717) is 22.7 Å². The summed E-state index contributed by atoms with van der Waals surface area (Å²) in [7, 11) is 0.306. The fourth-order valence-corrected chi connectivity index (χ4v) is 0.318. The third kappa shape index (κ3) is 9.39. The minimum atomic E-state index is -0.295. The molecule has 0 aliphatic carbocycles. The largest absolute Gasteiger partial charge is 0.462 e. The second kappa shape index (κ2) is 9.39. The van der Waals surface area contributed by atoms with E-state index in [2.05, 4.69) is 6.58 Å². The van der Waals surface area contributed by atoms with Gasteiger partial charge in [-0.1, -0.05) is 13.5 Å². The van der Waals surface area contributed by atoms with Crippen LogP contribution in [0.5, 0.6) is 0 Å². The molecule has 0 saturated heterocycles. The summed E-state index contributed by atoms with van der Waals surface area (Å²) < 4.78 is 4.71. The van der Waals surface area contributed by atoms with E-state index in [1.165, 1.54) is 0 Å². The first-order chi connectivity index (χ1) is 5.18. The van der Waals surface area contributed by atoms with Crippen molar-refractivity contribution in [2.24, 2.45) is 0 Å². The van der Waals surface area contributed by atoms with Crippen molar-refractivity contribution >= 4 is 16.5 Å². The molecule has 0 fully saturated rings. The van der Waals surface area contributed by atoms with Gasteiger partial charge >= 0.3 is 5.97 Å². The van der Waals surface area contributed by atoms with Gasteiger partial charge in [0.1, 0.15) is 10.5 Å². The third-order valence-corrected chi connectivity index (χ3v) is 0.786. The quantitative estimate of drug-likeness (QED) is 0.367. The standard InChI is InChI=1S/C7H12O2.H4OSi/c1-4-5-9-7(8)6(2)3;1-2/h2,4-5H2,1,3H3;1H,2H3. The zero-order valence-corrected chi connectivity index (χ0v) is 9.39. The molecule has 0 aromatic rings. The summed E-state index contributed by atoms with van der Waals surface area (Å²) in [6.45, 7) is 7.51. The van der Waals surface area contributed by atoms with Crippen molar-refractivity contribution in [2.75, 3.05) is 6.61 Å². The van der Waals surface area contributed by atoms with Crippen molar-refractivity contribution < 1.29 is 14.3 Å². The van der Waals surface area contributed by atoms with Crippen molar-refractivity contribution in [3.8, 4) is 0 Å². The monoisotopic (exact) mass is 176 g/mol. The first kappa shape index (κ1) is 13.0. The lowest BCUT2D eigenvalue weighted by Crippen LogP contribution is -2.04. The lowest BCUT2D eigenvalue weighted by Gasteiger charge is -1.99. The summed E-state index contributed by atoms with van der Waals surface area (Å²) in [6.07, 6.45) is 0.860. The second-order valence-electron chi connectivity index (χ2n) is 1.92. The number of rotatable bonds is 3. The fraction of sp³-hybridized carbons (Fsp3) is 0.571. The van der Waals surface area contributed by atoms with Gasteiger partial charge in [-0.2, -0.15) is 0 Å². The van der Waals surface area contributed by atoms with Crippen LogP contribution in [0.1, 0.15) is 20.3 Å². The number of hydrogen-bond acceptors (Lipinski definition) is 3. The van der Waals surface area contributed by atoms with Crippen molar-refractivity contribution in [3.05, 3.63) is 12.2 Å². The van der Waals surface area contributed by atoms with Gasteiger partial charge in [0.25, 0.3) is 0 Å². The maximum absolute atomic E-state index is 10.6. The summed E-state index contributed by atoms with van der Waals surface area (Å²) >= 11 is 0. The van der Waals surface area contributed by atoms with Crippen molar-refractivity contribution in [1.82, 2.24) is 0 Å². The van der Waals surface area contributed by atoms with Crippen LogP contribution in [-0.2, 0) is 9.53 Å². The molecule has 0 amide bonds. The summed E-state index contributed by atoms with van der Waals surface area (Å²) in [4.78, 5) is 17.7. The van der Waals surface area contributed by atoms with Crippen LogP contribution in [0, 0.1) is 0 Å². The molecule has 0 bridgehead atoms. The maximum atomic E-state index is 10.6. The van der Waals surface area contributed by atoms with E-state index in [1.807, 2.05) is 6.92 Å². The molecule has 0 saturated carbocycles. The number of carbonyl (C=O) groups excluding carboxylic acids is 1. The lowest BCUT2D eigenvalue weighted by molar-refractivity contribution is -0.138. The predicted molar refractivity (Wildman–Crippen MR) is 48.2 cm³/mol. The Morgan fingerprint density at radius 3 is 2.36 bits per heavy atom. The van der Waals surface area contributed by atoms with Gasteiger partial charge < -0.3 is 9.53 Å². The minimum absolute atomic E-state index is 0.295. The van der Waals surface area contributed by atoms with Gasteiger partial charge in [-0.05, 0) is 13.3 Å². The highest BCUT2D eigenvalue weighted by Crippen LogP contribution is 1.91. The molecule has 66 valence electrons. The van der Waals surface area contributed by atoms with Gasteiger partial charge in [0.2, 0.25) is 0 Å². The van der Waals surface area contributed by atoms with E-state index >= 15 is 0 Å². The Morgan fingerprint density at radius 2 is 2.09 bits per heavy atom. The minimum Gasteiger partial charge on any atom is -0.462 e. The molecule has 1 N–H and O–H groups in total. The molecule has 0 heterocycles. The summed E-state index contributed by atoms with van der Waals surface area (Å²) in [5.41, 5.74) is 0.462. The SMILES string of the molecule is C=C(C)C(=O)OCCC.O[SiH3]. The number of carbonyl (C=O) groups is 1. The average Bonchev–Trinajstić information content (AvgIpc) is 2.03. The molecule has 3 nitrogen and oxygen atoms in total. The topological polar surface area (TPSA) is 46.5 Å². The number of esters is 1. The normalized spacial score (nSPS) is 7.91. The lowest BCUT2D eigenvalue weighted by atomic mass is 10.4. The van der Waals surface area contributed by atoms with Crippen LogP contribution in [0.15, 0.2) is 12.2 Å². The highest BCUT2D eigenvalue weighted by Gasteiger charge is 1.99. The molecule has 0 aromatic heterocycles. The summed E-state index contributed by atoms with van der Waals surface area (Å²) in [5.74, 6) is -0.295. The van der Waals surface area contributed by atoms with Crippen molar-refractivity contribution in [2.45, 2.75) is 20.3 Å². The highest BCUT2D eigenvalue weighted by atomic mass is 28.2. The fourth-order valence-electron chi connectivity index (χ4n) is 0.318. The first-order valence-electron chi connectivity index (χ1n) is 3.45. The van der Waals surface area contributed by atoms with Crippen molar-refractivity contribution in [3.63, 3.8) is 0 Å². The van der Waals surface area contributed by atoms with Crippen LogP contribution in [-0.4, -0.2) is 27.9 Å². The van der Waals surface area contributed by atoms with Crippen LogP contribution < -0.4 is 0 Å². The van der Waals surface area contributed by atoms with Gasteiger partial charge in [-0.25, -0.2) is 4.79 Å². The predicted octanol–water partition coefficient (Wildman–Crippen LogP) is -0.225. The highest BCUT2D eigenvalue weighted by molar-refractivity contribution is 5.95. The molecule has 0 aliphatic heterocycles. The van der Waals surface area contributed by atoms with Crippen LogP contribution in [0.2, 0.25) is 0 Å². The number of hydrogen-bond donors (Lipinski definition) is 1. The Hall–Kier alpha value is -0.613. The average molecular weight is 176 g/mol. The molecule has 0 unspecified atom stereocenters. The molecule has 0 aromatic carbocycles. The zero-order valence-electron chi connectivity index (χ0n) is 7.39. The van der Waals surface area contributed by atoms with Crippen LogP contribution in [0.25, 0.3) is 0 Å². The maximum Gasteiger partial charge on any atom is 0.333 e. The molecule has 0 atom stereocenters. The Bertz CT molecular complexity index is 123. The van der Waals surface area contributed by atoms with Gasteiger partial charge in [0.15, 0.2) is 0 Å². The molecular weight excluding hydrogens is 160 g/mol. The van der Waals surface area contributed by atoms with E-state index in [1.54, 1.807) is 6.92 Å². The Labute approximate surface area is 70.6 Å². The van der Waals surface area contributed by atoms with Crippen LogP contribution in [0.3, 0.4) is 0 Å². The molecular formula is C7H16O3Si. The van der Waals surface area contributed by atoms with E-state index in [0.717, 1.165) is 6.42 Å². The molecule has 4 heteroatoms. The summed E-state index contributed by atoms with van der Waals surface area (Å²) in [5, 5.41) is 0. The Kier molecular flexibility index (Phi) is 11.1. The Balaban J connectivity index is 0. The summed E-state index contributed by atoms with van der Waals surface area (Å²) in [6, 6.07) is 0. The van der Waals surface area contributed by atoms with Crippen LogP contribution >= 0.6 is 0 Å². The zero-order chi connectivity index (χ0) is 9.28. The smallest absolute Gasteiger partial charge is 0.333 e. The molecule has 0 radical (unpaired) electrons. The number of ether oxygens (including phenoxy) is 1. The van der Waals surface area contributed by atoms with E-state index in [4.69, 9.17) is 9.53 Å². The van der Waals surface area contributed by atoms with E-state index < -0.39 is 0 Å². The van der Waals surface area contributed by atoms with Gasteiger partial charge in [-0.15, -0.1) is 0 Å². The first-order valence-corrected chi connectivity index (χ1v) is 4.35. The van der Waals surface area contributed by atoms with Crippen molar-refractivity contribution in [1.29, 1.82) is 0 Å². The molecule has 0 aliphatic rings. The third-order valence-electron chi connectivity index (χ3n) is 0.786. The van der Waals surface area contributed by atoms with Gasteiger partial charge in [0.05, 0.1) is 6.61 Å². The molecule has 11 heavy (non-hydrogen) atoms. The molecule has 0 spiro atoms. The van der Waals surface area contributed by atoms with Gasteiger partial charge in [-0.3, -0.25) is 0 Å². The van der Waals surface area contributed by atoms with E-state index in [9.17, 15) is 4.79 Å². The van der Waals surface area contributed by atoms with Gasteiger partial charge in [0, 0.05) is 5.57 Å². The second-order valence-corrected chi connectivity index (χ2v) is 1.92. The van der Waals surface area contributed by atoms with Crippen LogP contribution in [0.4, 0.5) is 0 Å². The van der Waals surface area contributed by atoms with E-state index in [-0.39, 0.29) is 5.97 Å².